The first kappa shape index (κ1) is 16.0. The molecule has 1 aromatic rings. The van der Waals surface area contributed by atoms with E-state index in [0.29, 0.717) is 0 Å². The van der Waals surface area contributed by atoms with Crippen LogP contribution in [0.4, 0.5) is 0 Å². The van der Waals surface area contributed by atoms with Crippen LogP contribution in [0.3, 0.4) is 0 Å². The second-order valence-corrected chi connectivity index (χ2v) is 7.77. The van der Waals surface area contributed by atoms with Gasteiger partial charge in [-0.1, -0.05) is 17.5 Å². The molecule has 0 aliphatic heterocycles. The van der Waals surface area contributed by atoms with Crippen molar-refractivity contribution in [2.24, 2.45) is 0 Å². The standard InChI is InChI=1S/C11H12ClNO4S2/c1-3-4-7-13-19(16,17)11-8-9(18(2,14)15)5-6-10(11)12/h5-6,8,13H,7H2,1-2H3. The van der Waals surface area contributed by atoms with Crippen LogP contribution >= 0.6 is 11.6 Å². The maximum atomic E-state index is 11.9. The predicted octanol–water partition coefficient (Wildman–Crippen LogP) is 1.05. The Morgan fingerprint density at radius 1 is 1.26 bits per heavy atom. The molecule has 0 spiro atoms. The molecule has 1 aromatic carbocycles. The molecular weight excluding hydrogens is 310 g/mol. The van der Waals surface area contributed by atoms with E-state index < -0.39 is 19.9 Å². The third-order valence-corrected chi connectivity index (χ3v) is 5.14. The number of hydrogen-bond donors (Lipinski definition) is 1. The van der Waals surface area contributed by atoms with Crippen molar-refractivity contribution in [3.05, 3.63) is 23.2 Å². The van der Waals surface area contributed by atoms with E-state index in [0.717, 1.165) is 12.3 Å². The molecule has 19 heavy (non-hydrogen) atoms. The van der Waals surface area contributed by atoms with E-state index in [9.17, 15) is 16.8 Å². The van der Waals surface area contributed by atoms with Gasteiger partial charge in [0.15, 0.2) is 9.84 Å². The zero-order chi connectivity index (χ0) is 14.7. The Kier molecular flexibility index (Phi) is 4.98. The Morgan fingerprint density at radius 3 is 2.42 bits per heavy atom. The first-order chi connectivity index (χ1) is 8.68. The lowest BCUT2D eigenvalue weighted by molar-refractivity contribution is 0.585. The van der Waals surface area contributed by atoms with Crippen molar-refractivity contribution in [2.45, 2.75) is 16.7 Å². The summed E-state index contributed by atoms with van der Waals surface area (Å²) in [6.45, 7) is 1.50. The SMILES string of the molecule is CC#CCNS(=O)(=O)c1cc(S(C)(=O)=O)ccc1Cl. The summed E-state index contributed by atoms with van der Waals surface area (Å²) in [5, 5.41) is -0.0515. The van der Waals surface area contributed by atoms with Gasteiger partial charge in [0, 0.05) is 6.26 Å². The van der Waals surface area contributed by atoms with Gasteiger partial charge in [0.1, 0.15) is 4.90 Å². The number of rotatable bonds is 4. The topological polar surface area (TPSA) is 80.3 Å². The molecule has 5 nitrogen and oxygen atoms in total. The van der Waals surface area contributed by atoms with Gasteiger partial charge < -0.3 is 0 Å². The highest BCUT2D eigenvalue weighted by molar-refractivity contribution is 7.91. The first-order valence-electron chi connectivity index (χ1n) is 5.07. The van der Waals surface area contributed by atoms with Crippen LogP contribution in [0.2, 0.25) is 5.02 Å². The summed E-state index contributed by atoms with van der Waals surface area (Å²) in [6.07, 6.45) is 0.989. The summed E-state index contributed by atoms with van der Waals surface area (Å²) < 4.78 is 48.9. The van der Waals surface area contributed by atoms with Crippen molar-refractivity contribution in [2.75, 3.05) is 12.8 Å². The van der Waals surface area contributed by atoms with Gasteiger partial charge in [-0.2, -0.15) is 4.72 Å². The van der Waals surface area contributed by atoms with E-state index in [1.165, 1.54) is 12.1 Å². The van der Waals surface area contributed by atoms with Crippen molar-refractivity contribution in [3.63, 3.8) is 0 Å². The Balaban J connectivity index is 3.29. The van der Waals surface area contributed by atoms with Crippen molar-refractivity contribution < 1.29 is 16.8 Å². The largest absolute Gasteiger partial charge is 0.242 e. The summed E-state index contributed by atoms with van der Waals surface area (Å²) in [6, 6.07) is 3.51. The maximum absolute atomic E-state index is 11.9. The quantitative estimate of drug-likeness (QED) is 0.840. The van der Waals surface area contributed by atoms with Crippen molar-refractivity contribution in [1.82, 2.24) is 4.72 Å². The van der Waals surface area contributed by atoms with E-state index >= 15 is 0 Å². The highest BCUT2D eigenvalue weighted by atomic mass is 35.5. The zero-order valence-corrected chi connectivity index (χ0v) is 12.7. The van der Waals surface area contributed by atoms with Gasteiger partial charge in [0.25, 0.3) is 0 Å². The normalized spacial score (nSPS) is 11.7. The van der Waals surface area contributed by atoms with Crippen LogP contribution in [-0.2, 0) is 19.9 Å². The third kappa shape index (κ3) is 4.21. The lowest BCUT2D eigenvalue weighted by Crippen LogP contribution is -2.24. The van der Waals surface area contributed by atoms with Gasteiger partial charge in [0.2, 0.25) is 10.0 Å². The minimum atomic E-state index is -3.89. The number of nitrogens with one attached hydrogen (secondary N) is 1. The number of halogens is 1. The number of sulfone groups is 1. The molecular formula is C11H12ClNO4S2. The van der Waals surface area contributed by atoms with Crippen LogP contribution in [0.5, 0.6) is 0 Å². The second kappa shape index (κ2) is 5.92. The van der Waals surface area contributed by atoms with Gasteiger partial charge in [0.05, 0.1) is 16.5 Å². The predicted molar refractivity (Wildman–Crippen MR) is 73.2 cm³/mol. The lowest BCUT2D eigenvalue weighted by Gasteiger charge is -2.08. The summed E-state index contributed by atoms with van der Waals surface area (Å²) in [7, 11) is -7.40. The number of hydrogen-bond acceptors (Lipinski definition) is 4. The average molecular weight is 322 g/mol. The molecule has 0 fully saturated rings. The van der Waals surface area contributed by atoms with Crippen molar-refractivity contribution in [1.29, 1.82) is 0 Å². The van der Waals surface area contributed by atoms with Crippen LogP contribution in [-0.4, -0.2) is 29.6 Å². The smallest absolute Gasteiger partial charge is 0.224 e. The van der Waals surface area contributed by atoms with Crippen molar-refractivity contribution >= 4 is 31.5 Å². The number of benzene rings is 1. The minimum Gasteiger partial charge on any atom is -0.224 e. The fourth-order valence-corrected chi connectivity index (χ4v) is 3.39. The molecule has 1 rings (SSSR count). The molecule has 0 aliphatic rings. The van der Waals surface area contributed by atoms with Crippen LogP contribution in [0.25, 0.3) is 0 Å². The average Bonchev–Trinajstić information content (AvgIpc) is 2.27. The molecule has 0 radical (unpaired) electrons. The third-order valence-electron chi connectivity index (χ3n) is 2.15. The monoisotopic (exact) mass is 321 g/mol. The molecule has 0 aliphatic carbocycles. The van der Waals surface area contributed by atoms with Crippen molar-refractivity contribution in [3.8, 4) is 11.8 Å². The summed E-state index contributed by atoms with van der Waals surface area (Å²) in [5.74, 6) is 5.07. The van der Waals surface area contributed by atoms with Gasteiger partial charge in [-0.3, -0.25) is 0 Å². The van der Waals surface area contributed by atoms with Crippen LogP contribution in [0, 0.1) is 11.8 Å². The Hall–Kier alpha value is -1.07. The van der Waals surface area contributed by atoms with E-state index in [4.69, 9.17) is 11.6 Å². The minimum absolute atomic E-state index is 0.0515. The van der Waals surface area contributed by atoms with Gasteiger partial charge in [-0.05, 0) is 25.1 Å². The summed E-state index contributed by atoms with van der Waals surface area (Å²) >= 11 is 5.79. The van der Waals surface area contributed by atoms with E-state index in [1.54, 1.807) is 6.92 Å². The van der Waals surface area contributed by atoms with Gasteiger partial charge in [-0.15, -0.1) is 5.92 Å². The van der Waals surface area contributed by atoms with Crippen LogP contribution in [0.1, 0.15) is 6.92 Å². The molecule has 104 valence electrons. The highest BCUT2D eigenvalue weighted by Gasteiger charge is 2.20. The highest BCUT2D eigenvalue weighted by Crippen LogP contribution is 2.24. The maximum Gasteiger partial charge on any atom is 0.242 e. The summed E-state index contributed by atoms with van der Waals surface area (Å²) in [5.41, 5.74) is 0. The lowest BCUT2D eigenvalue weighted by atomic mass is 10.4. The van der Waals surface area contributed by atoms with Crippen LogP contribution < -0.4 is 4.72 Å². The first-order valence-corrected chi connectivity index (χ1v) is 8.82. The Bertz CT molecular complexity index is 743. The number of sulfonamides is 1. The molecule has 0 unspecified atom stereocenters. The van der Waals surface area contributed by atoms with Gasteiger partial charge in [-0.25, -0.2) is 16.8 Å². The molecule has 0 heterocycles. The molecule has 0 aromatic heterocycles. The molecule has 0 saturated carbocycles. The molecule has 0 amide bonds. The Labute approximate surface area is 117 Å². The Morgan fingerprint density at radius 2 is 1.89 bits per heavy atom. The molecule has 0 bridgehead atoms. The fourth-order valence-electron chi connectivity index (χ4n) is 1.22. The molecule has 8 heteroatoms. The molecule has 0 saturated heterocycles. The zero-order valence-electron chi connectivity index (χ0n) is 10.3. The fraction of sp³-hybridized carbons (Fsp3) is 0.273. The van der Waals surface area contributed by atoms with E-state index in [2.05, 4.69) is 16.6 Å². The van der Waals surface area contributed by atoms with E-state index in [1.807, 2.05) is 0 Å². The van der Waals surface area contributed by atoms with E-state index in [-0.39, 0.29) is 21.4 Å². The molecule has 0 atom stereocenters. The summed E-state index contributed by atoms with van der Waals surface area (Å²) in [4.78, 5) is -0.395. The second-order valence-electron chi connectivity index (χ2n) is 3.62. The molecule has 1 N–H and O–H groups in total. The van der Waals surface area contributed by atoms with Crippen LogP contribution in [0.15, 0.2) is 28.0 Å². The van der Waals surface area contributed by atoms with Gasteiger partial charge >= 0.3 is 0 Å².